The lowest BCUT2D eigenvalue weighted by molar-refractivity contribution is -0.118. The van der Waals surface area contributed by atoms with Crippen LogP contribution < -0.4 is 10.8 Å². The quantitative estimate of drug-likeness (QED) is 0.190. The Morgan fingerprint density at radius 3 is 2.00 bits per heavy atom. The molecule has 0 radical (unpaired) electrons. The molecule has 0 bridgehead atoms. The number of hydrogen-bond donors (Lipinski definition) is 1. The van der Waals surface area contributed by atoms with Crippen molar-refractivity contribution in [3.63, 3.8) is 0 Å². The molecule has 3 rings (SSSR count). The van der Waals surface area contributed by atoms with E-state index in [0.717, 1.165) is 29.9 Å². The molecule has 1 fully saturated rings. The second-order valence-corrected chi connectivity index (χ2v) is 13.1. The van der Waals surface area contributed by atoms with Crippen LogP contribution in [0.1, 0.15) is 91.8 Å². The molecule has 0 aliphatic carbocycles. The summed E-state index contributed by atoms with van der Waals surface area (Å²) in [5.74, 6) is -1.12. The number of ether oxygens (including phenoxy) is 1. The van der Waals surface area contributed by atoms with Gasteiger partial charge in [0.1, 0.15) is 17.2 Å². The molecule has 1 aliphatic heterocycles. The van der Waals surface area contributed by atoms with Crippen LogP contribution in [0, 0.1) is 31.4 Å². The maximum absolute atomic E-state index is 13.0. The van der Waals surface area contributed by atoms with Crippen molar-refractivity contribution < 1.29 is 32.4 Å². The maximum atomic E-state index is 13.0. The Labute approximate surface area is 269 Å². The number of amides is 2. The van der Waals surface area contributed by atoms with Gasteiger partial charge in [0.2, 0.25) is 5.91 Å². The third kappa shape index (κ3) is 13.2. The monoisotopic (exact) mass is 628 g/mol. The molecule has 1 saturated heterocycles. The average Bonchev–Trinajstić information content (AvgIpc) is 3.12. The SMILES string of the molecule is C#C.CCCc1ccc(B2OC(C)(C)C(C)(C)O2)cc1CN(CCCNC(C)=O)C(=O)OC(C)(C)C.Cc1cc(F)cc(F)c1. The van der Waals surface area contributed by atoms with E-state index < -0.39 is 35.6 Å². The standard InChI is InChI=1S/C26H43BN2O5.C7H6F2.C2H2/c1-10-12-20-13-14-22(27-33-25(6,7)26(8,9)34-27)17-21(20)18-29(16-11-15-28-19(2)30)23(31)32-24(3,4)5;1-5-2-6(8)4-7(9)3-5;1-2/h13-14,17H,10-12,15-16,18H2,1-9H3,(H,28,30);2-4H,1H3;1-2H. The zero-order chi connectivity index (χ0) is 34.6. The first-order chi connectivity index (χ1) is 20.8. The number of benzene rings is 2. The van der Waals surface area contributed by atoms with Gasteiger partial charge in [-0.2, -0.15) is 0 Å². The number of aryl methyl sites for hydroxylation is 2. The van der Waals surface area contributed by atoms with Crippen molar-refractivity contribution in [2.24, 2.45) is 0 Å². The van der Waals surface area contributed by atoms with Crippen molar-refractivity contribution in [2.45, 2.75) is 112 Å². The fraction of sp³-hybridized carbons (Fsp3) is 0.543. The van der Waals surface area contributed by atoms with E-state index in [9.17, 15) is 18.4 Å². The molecule has 0 atom stereocenters. The summed E-state index contributed by atoms with van der Waals surface area (Å²) in [6.45, 7) is 20.4. The van der Waals surface area contributed by atoms with E-state index >= 15 is 0 Å². The summed E-state index contributed by atoms with van der Waals surface area (Å²) < 4.78 is 42.6. The highest BCUT2D eigenvalue weighted by Crippen LogP contribution is 2.36. The van der Waals surface area contributed by atoms with Crippen molar-refractivity contribution in [2.75, 3.05) is 13.1 Å². The van der Waals surface area contributed by atoms with Gasteiger partial charge in [0.15, 0.2) is 0 Å². The normalized spacial score (nSPS) is 14.8. The van der Waals surface area contributed by atoms with Crippen LogP contribution in [0.15, 0.2) is 36.4 Å². The zero-order valence-electron chi connectivity index (χ0n) is 28.7. The predicted octanol–water partition coefficient (Wildman–Crippen LogP) is 6.72. The fourth-order valence-electron chi connectivity index (χ4n) is 4.43. The minimum atomic E-state index is -0.593. The Bertz CT molecular complexity index is 1220. The Morgan fingerprint density at radius 2 is 1.53 bits per heavy atom. The Hall–Kier alpha value is -3.42. The van der Waals surface area contributed by atoms with E-state index in [1.54, 1.807) is 11.8 Å². The Balaban J connectivity index is 0.000000777. The Kier molecular flexibility index (Phi) is 15.3. The van der Waals surface area contributed by atoms with Gasteiger partial charge in [-0.3, -0.25) is 4.79 Å². The van der Waals surface area contributed by atoms with E-state index in [1.165, 1.54) is 24.6 Å². The molecule has 45 heavy (non-hydrogen) atoms. The van der Waals surface area contributed by atoms with Gasteiger partial charge in [0.25, 0.3) is 0 Å². The lowest BCUT2D eigenvalue weighted by atomic mass is 9.77. The molecule has 0 saturated carbocycles. The van der Waals surface area contributed by atoms with Crippen LogP contribution in [0.3, 0.4) is 0 Å². The maximum Gasteiger partial charge on any atom is 0.494 e. The summed E-state index contributed by atoms with van der Waals surface area (Å²) in [4.78, 5) is 26.0. The first-order valence-corrected chi connectivity index (χ1v) is 15.3. The molecule has 10 heteroatoms. The largest absolute Gasteiger partial charge is 0.494 e. The third-order valence-corrected chi connectivity index (χ3v) is 7.27. The van der Waals surface area contributed by atoms with Gasteiger partial charge in [-0.1, -0.05) is 31.5 Å². The molecule has 0 aromatic heterocycles. The second kappa shape index (κ2) is 17.3. The van der Waals surface area contributed by atoms with E-state index in [-0.39, 0.29) is 12.0 Å². The molecule has 7 nitrogen and oxygen atoms in total. The number of hydrogen-bond acceptors (Lipinski definition) is 5. The van der Waals surface area contributed by atoms with Gasteiger partial charge in [0.05, 0.1) is 11.2 Å². The first-order valence-electron chi connectivity index (χ1n) is 15.3. The summed E-state index contributed by atoms with van der Waals surface area (Å²) in [6, 6.07) is 9.69. The van der Waals surface area contributed by atoms with Crippen molar-refractivity contribution in [3.8, 4) is 12.8 Å². The molecule has 2 aromatic carbocycles. The minimum absolute atomic E-state index is 0.0795. The summed E-state index contributed by atoms with van der Waals surface area (Å²) in [5, 5.41) is 2.79. The number of nitrogens with zero attached hydrogens (tertiary/aromatic N) is 1. The molecule has 248 valence electrons. The Morgan fingerprint density at radius 1 is 0.978 bits per heavy atom. The highest BCUT2D eigenvalue weighted by atomic mass is 19.1. The van der Waals surface area contributed by atoms with Crippen LogP contribution in [-0.4, -0.2) is 53.9 Å². The number of rotatable bonds is 9. The number of terminal acetylenes is 1. The highest BCUT2D eigenvalue weighted by Gasteiger charge is 2.51. The summed E-state index contributed by atoms with van der Waals surface area (Å²) in [5.41, 5.74) is 2.35. The van der Waals surface area contributed by atoms with Crippen molar-refractivity contribution in [1.29, 1.82) is 0 Å². The predicted molar refractivity (Wildman–Crippen MR) is 177 cm³/mol. The van der Waals surface area contributed by atoms with Crippen molar-refractivity contribution >= 4 is 24.6 Å². The van der Waals surface area contributed by atoms with Crippen LogP contribution in [0.25, 0.3) is 0 Å². The van der Waals surface area contributed by atoms with Gasteiger partial charge in [0, 0.05) is 32.6 Å². The molecular formula is C35H51BF2N2O5. The topological polar surface area (TPSA) is 77.1 Å². The van der Waals surface area contributed by atoms with Crippen LogP contribution >= 0.6 is 0 Å². The number of halogens is 2. The second-order valence-electron chi connectivity index (χ2n) is 13.1. The smallest absolute Gasteiger partial charge is 0.444 e. The summed E-state index contributed by atoms with van der Waals surface area (Å²) in [6.07, 6.45) is 10.2. The zero-order valence-corrected chi connectivity index (χ0v) is 28.7. The van der Waals surface area contributed by atoms with Gasteiger partial charge in [-0.05, 0) is 103 Å². The average molecular weight is 629 g/mol. The lowest BCUT2D eigenvalue weighted by Gasteiger charge is -2.32. The van der Waals surface area contributed by atoms with E-state index in [0.29, 0.717) is 31.6 Å². The number of carbonyl (C=O) groups excluding carboxylic acids is 2. The minimum Gasteiger partial charge on any atom is -0.444 e. The van der Waals surface area contributed by atoms with Crippen molar-refractivity contribution in [3.05, 3.63) is 64.7 Å². The van der Waals surface area contributed by atoms with Gasteiger partial charge >= 0.3 is 13.2 Å². The van der Waals surface area contributed by atoms with Crippen LogP contribution in [0.2, 0.25) is 0 Å². The third-order valence-electron chi connectivity index (χ3n) is 7.27. The summed E-state index contributed by atoms with van der Waals surface area (Å²) in [7, 11) is -0.464. The molecule has 0 unspecified atom stereocenters. The molecular weight excluding hydrogens is 577 g/mol. The lowest BCUT2D eigenvalue weighted by Crippen LogP contribution is -2.41. The van der Waals surface area contributed by atoms with Crippen LogP contribution in [0.4, 0.5) is 13.6 Å². The summed E-state index contributed by atoms with van der Waals surface area (Å²) >= 11 is 0. The number of nitrogens with one attached hydrogen (secondary N) is 1. The molecule has 1 heterocycles. The molecule has 2 amide bonds. The first kappa shape index (κ1) is 39.6. The van der Waals surface area contributed by atoms with E-state index in [2.05, 4.69) is 43.3 Å². The molecule has 1 N–H and O–H groups in total. The molecule has 2 aromatic rings. The fourth-order valence-corrected chi connectivity index (χ4v) is 4.43. The van der Waals surface area contributed by atoms with Crippen LogP contribution in [0.5, 0.6) is 0 Å². The van der Waals surface area contributed by atoms with Crippen molar-refractivity contribution in [1.82, 2.24) is 10.2 Å². The van der Waals surface area contributed by atoms with Gasteiger partial charge in [-0.15, -0.1) is 12.8 Å². The van der Waals surface area contributed by atoms with E-state index in [4.69, 9.17) is 14.0 Å². The number of carbonyl (C=O) groups is 2. The van der Waals surface area contributed by atoms with Crippen LogP contribution in [-0.2, 0) is 31.8 Å². The van der Waals surface area contributed by atoms with Gasteiger partial charge in [-0.25, -0.2) is 13.6 Å². The molecule has 1 aliphatic rings. The van der Waals surface area contributed by atoms with Gasteiger partial charge < -0.3 is 24.3 Å². The highest BCUT2D eigenvalue weighted by molar-refractivity contribution is 6.62. The molecule has 0 spiro atoms. The van der Waals surface area contributed by atoms with E-state index in [1.807, 2.05) is 48.5 Å².